The van der Waals surface area contributed by atoms with Crippen molar-refractivity contribution in [3.8, 4) is 5.75 Å². The second kappa shape index (κ2) is 8.75. The maximum Gasteiger partial charge on any atom is 0.255 e. The van der Waals surface area contributed by atoms with Crippen LogP contribution in [-0.4, -0.2) is 28.6 Å². The maximum atomic E-state index is 14.6. The summed E-state index contributed by atoms with van der Waals surface area (Å²) < 4.78 is 21.9. The molecule has 3 aromatic rings. The third kappa shape index (κ3) is 4.19. The van der Waals surface area contributed by atoms with E-state index >= 15 is 0 Å². The fraction of sp³-hybridized carbons (Fsp3) is 0.391. The third-order valence-corrected chi connectivity index (χ3v) is 6.22. The van der Waals surface area contributed by atoms with Gasteiger partial charge in [-0.05, 0) is 37.5 Å². The van der Waals surface area contributed by atoms with Crippen molar-refractivity contribution in [1.29, 1.82) is 0 Å². The van der Waals surface area contributed by atoms with Crippen molar-refractivity contribution < 1.29 is 13.9 Å². The molecule has 0 atom stereocenters. The minimum atomic E-state index is -0.426. The fourth-order valence-corrected chi connectivity index (χ4v) is 4.26. The van der Waals surface area contributed by atoms with Gasteiger partial charge in [-0.3, -0.25) is 4.79 Å². The highest BCUT2D eigenvalue weighted by Crippen LogP contribution is 2.33. The Morgan fingerprint density at radius 3 is 2.71 bits per heavy atom. The van der Waals surface area contributed by atoms with Crippen molar-refractivity contribution in [2.24, 2.45) is 7.05 Å². The molecule has 0 spiro atoms. The molecule has 2 N–H and O–H groups in total. The molecule has 31 heavy (non-hydrogen) atoms. The van der Waals surface area contributed by atoms with Crippen molar-refractivity contribution in [2.75, 3.05) is 12.4 Å². The van der Waals surface area contributed by atoms with Crippen molar-refractivity contribution in [1.82, 2.24) is 14.9 Å². The molecule has 2 aromatic carbocycles. The van der Waals surface area contributed by atoms with Crippen LogP contribution in [0.5, 0.6) is 5.75 Å². The molecular weight excluding hydrogens is 419 g/mol. The minimum Gasteiger partial charge on any atom is -0.496 e. The summed E-state index contributed by atoms with van der Waals surface area (Å²) in [5, 5.41) is 6.38. The van der Waals surface area contributed by atoms with E-state index in [9.17, 15) is 9.18 Å². The lowest BCUT2D eigenvalue weighted by Gasteiger charge is -2.23. The highest BCUT2D eigenvalue weighted by atomic mass is 35.5. The first-order valence-electron chi connectivity index (χ1n) is 10.5. The first-order valence-corrected chi connectivity index (χ1v) is 10.8. The van der Waals surface area contributed by atoms with Gasteiger partial charge >= 0.3 is 0 Å². The lowest BCUT2D eigenvalue weighted by atomic mass is 9.95. The predicted octanol–water partition coefficient (Wildman–Crippen LogP) is 5.49. The number of hydrogen-bond acceptors (Lipinski definition) is 4. The molecular formula is C23H26ClFN4O2. The molecule has 1 amide bonds. The lowest BCUT2D eigenvalue weighted by molar-refractivity contribution is 0.0925. The van der Waals surface area contributed by atoms with E-state index in [1.807, 2.05) is 0 Å². The van der Waals surface area contributed by atoms with Crippen LogP contribution in [0, 0.1) is 12.7 Å². The number of fused-ring (bicyclic) bond motifs is 1. The number of anilines is 2. The smallest absolute Gasteiger partial charge is 0.255 e. The highest BCUT2D eigenvalue weighted by Gasteiger charge is 2.22. The lowest BCUT2D eigenvalue weighted by Crippen LogP contribution is -2.36. The number of nitrogens with zero attached hydrogens (tertiary/aromatic N) is 2. The number of benzene rings is 2. The Labute approximate surface area is 185 Å². The summed E-state index contributed by atoms with van der Waals surface area (Å²) in [5.41, 5.74) is 2.43. The van der Waals surface area contributed by atoms with Crippen LogP contribution in [0.1, 0.15) is 48.0 Å². The summed E-state index contributed by atoms with van der Waals surface area (Å²) in [5.74, 6) is 0.284. The summed E-state index contributed by atoms with van der Waals surface area (Å²) in [6.07, 6.45) is 5.48. The SMILES string of the molecule is COc1cc2c(cc1C(=O)NC1CCCCC1)nc(Nc1c(Cl)ccc(C)c1F)n2C. The molecule has 0 aliphatic heterocycles. The summed E-state index contributed by atoms with van der Waals surface area (Å²) in [6, 6.07) is 6.94. The van der Waals surface area contributed by atoms with E-state index in [1.54, 1.807) is 42.8 Å². The van der Waals surface area contributed by atoms with Crippen LogP contribution in [0.2, 0.25) is 5.02 Å². The second-order valence-electron chi connectivity index (χ2n) is 8.02. The van der Waals surface area contributed by atoms with E-state index in [2.05, 4.69) is 15.6 Å². The van der Waals surface area contributed by atoms with Crippen LogP contribution < -0.4 is 15.4 Å². The molecule has 1 heterocycles. The standard InChI is InChI=1S/C23H26ClFN4O2/c1-13-9-10-16(24)21(20(13)25)28-23-27-17-11-15(19(31-3)12-18(17)29(23)2)22(30)26-14-7-5-4-6-8-14/h9-12,14H,4-8H2,1-3H3,(H,26,30)(H,27,28). The summed E-state index contributed by atoms with van der Waals surface area (Å²) in [4.78, 5) is 17.5. The van der Waals surface area contributed by atoms with Gasteiger partial charge in [0.25, 0.3) is 5.91 Å². The average molecular weight is 445 g/mol. The number of amides is 1. The zero-order valence-electron chi connectivity index (χ0n) is 17.9. The third-order valence-electron chi connectivity index (χ3n) is 5.91. The number of aryl methyl sites for hydroxylation is 2. The van der Waals surface area contributed by atoms with Gasteiger partial charge in [-0.1, -0.05) is 36.9 Å². The molecule has 8 heteroatoms. The Balaban J connectivity index is 1.69. The molecule has 1 aliphatic rings. The number of aromatic nitrogens is 2. The summed E-state index contributed by atoms with van der Waals surface area (Å²) >= 11 is 6.20. The Kier molecular flexibility index (Phi) is 6.05. The van der Waals surface area contributed by atoms with Crippen molar-refractivity contribution in [3.63, 3.8) is 0 Å². The Bertz CT molecular complexity index is 1140. The van der Waals surface area contributed by atoms with Crippen LogP contribution >= 0.6 is 11.6 Å². The number of hydrogen-bond donors (Lipinski definition) is 2. The summed E-state index contributed by atoms with van der Waals surface area (Å²) in [7, 11) is 3.34. The van der Waals surface area contributed by atoms with Gasteiger partial charge in [0.2, 0.25) is 5.95 Å². The fourth-order valence-electron chi connectivity index (χ4n) is 4.07. The molecule has 0 radical (unpaired) electrons. The number of ether oxygens (including phenoxy) is 1. The number of carbonyl (C=O) groups excluding carboxylic acids is 1. The van der Waals surface area contributed by atoms with Gasteiger partial charge in [0, 0.05) is 19.2 Å². The number of rotatable bonds is 5. The largest absolute Gasteiger partial charge is 0.496 e. The van der Waals surface area contributed by atoms with E-state index in [4.69, 9.17) is 16.3 Å². The van der Waals surface area contributed by atoms with Crippen LogP contribution in [-0.2, 0) is 7.05 Å². The van der Waals surface area contributed by atoms with Crippen LogP contribution in [0.25, 0.3) is 11.0 Å². The van der Waals surface area contributed by atoms with E-state index in [0.29, 0.717) is 28.3 Å². The van der Waals surface area contributed by atoms with Crippen molar-refractivity contribution in [3.05, 3.63) is 46.2 Å². The highest BCUT2D eigenvalue weighted by molar-refractivity contribution is 6.33. The minimum absolute atomic E-state index is 0.168. The first kappa shape index (κ1) is 21.4. The number of nitrogens with one attached hydrogen (secondary N) is 2. The van der Waals surface area contributed by atoms with E-state index in [1.165, 1.54) is 13.5 Å². The van der Waals surface area contributed by atoms with Gasteiger partial charge < -0.3 is 19.9 Å². The first-order chi connectivity index (χ1) is 14.9. The molecule has 4 rings (SSSR count). The van der Waals surface area contributed by atoms with Crippen molar-refractivity contribution >= 4 is 40.2 Å². The van der Waals surface area contributed by atoms with Gasteiger partial charge in [0.1, 0.15) is 5.75 Å². The maximum absolute atomic E-state index is 14.6. The molecule has 1 fully saturated rings. The number of imidazole rings is 1. The van der Waals surface area contributed by atoms with Gasteiger partial charge in [-0.25, -0.2) is 9.37 Å². The molecule has 0 saturated heterocycles. The molecule has 1 saturated carbocycles. The quantitative estimate of drug-likeness (QED) is 0.546. The van der Waals surface area contributed by atoms with Gasteiger partial charge in [0.05, 0.1) is 34.4 Å². The topological polar surface area (TPSA) is 68.2 Å². The zero-order valence-corrected chi connectivity index (χ0v) is 18.6. The Morgan fingerprint density at radius 1 is 1.26 bits per heavy atom. The summed E-state index contributed by atoms with van der Waals surface area (Å²) in [6.45, 7) is 1.67. The van der Waals surface area contributed by atoms with Crippen LogP contribution in [0.15, 0.2) is 24.3 Å². The molecule has 164 valence electrons. The van der Waals surface area contributed by atoms with Crippen molar-refractivity contribution in [2.45, 2.75) is 45.1 Å². The van der Waals surface area contributed by atoms with Gasteiger partial charge in [0.15, 0.2) is 5.82 Å². The van der Waals surface area contributed by atoms with Gasteiger partial charge in [-0.2, -0.15) is 0 Å². The molecule has 6 nitrogen and oxygen atoms in total. The van der Waals surface area contributed by atoms with Gasteiger partial charge in [-0.15, -0.1) is 0 Å². The number of carbonyl (C=O) groups is 1. The monoisotopic (exact) mass is 444 g/mol. The molecule has 0 unspecified atom stereocenters. The molecule has 1 aliphatic carbocycles. The Morgan fingerprint density at radius 2 is 2.00 bits per heavy atom. The van der Waals surface area contributed by atoms with E-state index in [-0.39, 0.29) is 22.7 Å². The zero-order chi connectivity index (χ0) is 22.1. The molecule has 1 aromatic heterocycles. The van der Waals surface area contributed by atoms with E-state index in [0.717, 1.165) is 31.2 Å². The van der Waals surface area contributed by atoms with E-state index < -0.39 is 5.82 Å². The predicted molar refractivity (Wildman–Crippen MR) is 121 cm³/mol. The molecule has 0 bridgehead atoms. The van der Waals surface area contributed by atoms with Crippen LogP contribution in [0.4, 0.5) is 16.0 Å². The second-order valence-corrected chi connectivity index (χ2v) is 8.43. The normalized spacial score (nSPS) is 14.6. The number of halogens is 2. The van der Waals surface area contributed by atoms with Crippen LogP contribution in [0.3, 0.4) is 0 Å². The Hall–Kier alpha value is -2.80. The number of methoxy groups -OCH3 is 1. The average Bonchev–Trinajstić information content (AvgIpc) is 3.08.